The fraction of sp³-hybridized carbons (Fsp3) is 0.714. The lowest BCUT2D eigenvalue weighted by Crippen LogP contribution is -1.67. The molecule has 0 N–H and O–H groups in total. The van der Waals surface area contributed by atoms with Gasteiger partial charge in [-0.3, -0.25) is 0 Å². The van der Waals surface area contributed by atoms with Crippen LogP contribution in [0.2, 0.25) is 0 Å². The molecular weight excluding hydrogens is 103 g/mol. The van der Waals surface area contributed by atoms with Crippen molar-refractivity contribution in [2.45, 2.75) is 33.1 Å². The first kappa shape index (κ1) is 7.67. The zero-order valence-corrected chi connectivity index (χ0v) is 5.58. The molecule has 8 heavy (non-hydrogen) atoms. The van der Waals surface area contributed by atoms with E-state index in [1.165, 1.54) is 6.92 Å². The molecule has 0 fully saturated rings. The van der Waals surface area contributed by atoms with Crippen LogP contribution in [0.4, 0.5) is 4.39 Å². The molecule has 0 saturated heterocycles. The molecule has 0 saturated carbocycles. The molecule has 0 bridgehead atoms. The Bertz CT molecular complexity index is 70.5. The molecule has 0 aliphatic heterocycles. The van der Waals surface area contributed by atoms with Gasteiger partial charge in [0.15, 0.2) is 0 Å². The third kappa shape index (κ3) is 5.67. The molecule has 0 rings (SSSR count). The zero-order chi connectivity index (χ0) is 6.41. The second-order valence-electron chi connectivity index (χ2n) is 1.93. The maximum atomic E-state index is 11.9. The van der Waals surface area contributed by atoms with Crippen LogP contribution in [0.1, 0.15) is 33.1 Å². The first-order valence-corrected chi connectivity index (χ1v) is 3.09. The van der Waals surface area contributed by atoms with Crippen molar-refractivity contribution in [2.75, 3.05) is 0 Å². The highest BCUT2D eigenvalue weighted by molar-refractivity contribution is 4.85. The number of hydrogen-bond donors (Lipinski definition) is 0. The molecule has 0 spiro atoms. The van der Waals surface area contributed by atoms with Crippen molar-refractivity contribution in [3.05, 3.63) is 11.9 Å². The van der Waals surface area contributed by atoms with E-state index in [4.69, 9.17) is 0 Å². The third-order valence-corrected chi connectivity index (χ3v) is 0.983. The van der Waals surface area contributed by atoms with E-state index in [9.17, 15) is 4.39 Å². The van der Waals surface area contributed by atoms with Crippen molar-refractivity contribution >= 4 is 0 Å². The lowest BCUT2D eigenvalue weighted by molar-refractivity contribution is 0.629. The van der Waals surface area contributed by atoms with Gasteiger partial charge in [-0.2, -0.15) is 0 Å². The summed E-state index contributed by atoms with van der Waals surface area (Å²) < 4.78 is 11.9. The van der Waals surface area contributed by atoms with Crippen LogP contribution in [-0.4, -0.2) is 0 Å². The van der Waals surface area contributed by atoms with Crippen molar-refractivity contribution in [1.29, 1.82) is 0 Å². The predicted octanol–water partition coefficient (Wildman–Crippen LogP) is 3.05. The van der Waals surface area contributed by atoms with Crippen molar-refractivity contribution in [3.8, 4) is 0 Å². The van der Waals surface area contributed by atoms with Crippen LogP contribution >= 0.6 is 0 Å². The maximum absolute atomic E-state index is 11.9. The normalized spacial score (nSPS) is 12.1. The van der Waals surface area contributed by atoms with Gasteiger partial charge in [-0.05, 0) is 19.8 Å². The number of hydrogen-bond acceptors (Lipinski definition) is 0. The zero-order valence-electron chi connectivity index (χ0n) is 5.58. The Balaban J connectivity index is 3.03. The first-order valence-electron chi connectivity index (χ1n) is 3.09. The average molecular weight is 116 g/mol. The fourth-order valence-electron chi connectivity index (χ4n) is 0.505. The van der Waals surface area contributed by atoms with Crippen LogP contribution in [-0.2, 0) is 0 Å². The molecule has 0 aromatic carbocycles. The molecule has 0 heterocycles. The quantitative estimate of drug-likeness (QED) is 0.497. The van der Waals surface area contributed by atoms with Gasteiger partial charge in [0.2, 0.25) is 0 Å². The minimum atomic E-state index is -0.0570. The molecule has 0 radical (unpaired) electrons. The van der Waals surface area contributed by atoms with Crippen LogP contribution in [0.3, 0.4) is 0 Å². The van der Waals surface area contributed by atoms with Gasteiger partial charge in [-0.15, -0.1) is 0 Å². The maximum Gasteiger partial charge on any atom is 0.0928 e. The molecular formula is C7H13F. The van der Waals surface area contributed by atoms with Crippen molar-refractivity contribution in [3.63, 3.8) is 0 Å². The van der Waals surface area contributed by atoms with Gasteiger partial charge in [0.25, 0.3) is 0 Å². The molecule has 0 atom stereocenters. The molecule has 0 unspecified atom stereocenters. The van der Waals surface area contributed by atoms with Crippen LogP contribution < -0.4 is 0 Å². The molecule has 48 valence electrons. The summed E-state index contributed by atoms with van der Waals surface area (Å²) >= 11 is 0. The molecule has 0 nitrogen and oxygen atoms in total. The van der Waals surface area contributed by atoms with Gasteiger partial charge in [-0.1, -0.05) is 19.4 Å². The van der Waals surface area contributed by atoms with Crippen LogP contribution in [0.15, 0.2) is 11.9 Å². The smallest absolute Gasteiger partial charge is 0.0928 e. The molecule has 0 aromatic heterocycles. The Morgan fingerprint density at radius 2 is 2.25 bits per heavy atom. The van der Waals surface area contributed by atoms with E-state index < -0.39 is 0 Å². The monoisotopic (exact) mass is 116 g/mol. The Morgan fingerprint density at radius 1 is 1.62 bits per heavy atom. The predicted molar refractivity (Wildman–Crippen MR) is 34.4 cm³/mol. The topological polar surface area (TPSA) is 0 Å². The minimum absolute atomic E-state index is 0.0570. The van der Waals surface area contributed by atoms with Crippen molar-refractivity contribution < 1.29 is 4.39 Å². The molecule has 0 amide bonds. The van der Waals surface area contributed by atoms with E-state index in [-0.39, 0.29) is 5.83 Å². The van der Waals surface area contributed by atoms with Gasteiger partial charge < -0.3 is 0 Å². The summed E-state index contributed by atoms with van der Waals surface area (Å²) in [7, 11) is 0. The SMILES string of the molecule is CCCC/C=C(\C)F. The van der Waals surface area contributed by atoms with Gasteiger partial charge in [0.1, 0.15) is 0 Å². The third-order valence-electron chi connectivity index (χ3n) is 0.983. The summed E-state index contributed by atoms with van der Waals surface area (Å²) in [5.41, 5.74) is 0. The minimum Gasteiger partial charge on any atom is -0.212 e. The number of unbranched alkanes of at least 4 members (excludes halogenated alkanes) is 2. The van der Waals surface area contributed by atoms with Crippen LogP contribution in [0, 0.1) is 0 Å². The van der Waals surface area contributed by atoms with Gasteiger partial charge in [0.05, 0.1) is 5.83 Å². The molecule has 0 aromatic rings. The van der Waals surface area contributed by atoms with E-state index in [0.29, 0.717) is 0 Å². The molecule has 0 aliphatic rings. The Kier molecular flexibility index (Phi) is 4.62. The lowest BCUT2D eigenvalue weighted by Gasteiger charge is -1.86. The number of halogens is 1. The lowest BCUT2D eigenvalue weighted by atomic mass is 10.2. The number of rotatable bonds is 3. The second kappa shape index (κ2) is 4.82. The van der Waals surface area contributed by atoms with Gasteiger partial charge in [0, 0.05) is 0 Å². The highest BCUT2D eigenvalue weighted by Crippen LogP contribution is 2.00. The largest absolute Gasteiger partial charge is 0.212 e. The highest BCUT2D eigenvalue weighted by Gasteiger charge is 1.80. The summed E-state index contributed by atoms with van der Waals surface area (Å²) in [6, 6.07) is 0. The standard InChI is InChI=1S/C7H13F/c1-3-4-5-6-7(2)8/h6H,3-5H2,1-2H3/b7-6+. The summed E-state index contributed by atoms with van der Waals surface area (Å²) in [4.78, 5) is 0. The average Bonchev–Trinajstić information content (AvgIpc) is 1.66. The van der Waals surface area contributed by atoms with Crippen LogP contribution in [0.25, 0.3) is 0 Å². The highest BCUT2D eigenvalue weighted by atomic mass is 19.1. The Morgan fingerprint density at radius 3 is 2.62 bits per heavy atom. The summed E-state index contributed by atoms with van der Waals surface area (Å²) in [6.45, 7) is 3.58. The number of allylic oxidation sites excluding steroid dienone is 2. The molecule has 1 heteroatoms. The van der Waals surface area contributed by atoms with E-state index in [1.54, 1.807) is 6.08 Å². The first-order chi connectivity index (χ1) is 3.77. The van der Waals surface area contributed by atoms with Crippen molar-refractivity contribution in [2.24, 2.45) is 0 Å². The van der Waals surface area contributed by atoms with E-state index in [2.05, 4.69) is 6.92 Å². The summed E-state index contributed by atoms with van der Waals surface area (Å²) in [6.07, 6.45) is 4.76. The second-order valence-corrected chi connectivity index (χ2v) is 1.93. The van der Waals surface area contributed by atoms with E-state index >= 15 is 0 Å². The van der Waals surface area contributed by atoms with E-state index in [0.717, 1.165) is 19.3 Å². The Hall–Kier alpha value is -0.330. The van der Waals surface area contributed by atoms with Crippen LogP contribution in [0.5, 0.6) is 0 Å². The van der Waals surface area contributed by atoms with Gasteiger partial charge >= 0.3 is 0 Å². The van der Waals surface area contributed by atoms with Crippen molar-refractivity contribution in [1.82, 2.24) is 0 Å². The fourth-order valence-corrected chi connectivity index (χ4v) is 0.505. The Labute approximate surface area is 50.4 Å². The summed E-state index contributed by atoms with van der Waals surface area (Å²) in [5.74, 6) is -0.0570. The van der Waals surface area contributed by atoms with Gasteiger partial charge in [-0.25, -0.2) is 4.39 Å². The van der Waals surface area contributed by atoms with E-state index in [1.807, 2.05) is 0 Å². The molecule has 0 aliphatic carbocycles. The summed E-state index contributed by atoms with van der Waals surface area (Å²) in [5, 5.41) is 0.